The van der Waals surface area contributed by atoms with Crippen molar-refractivity contribution in [2.24, 2.45) is 5.41 Å². The Morgan fingerprint density at radius 1 is 1.47 bits per heavy atom. The molecule has 17 heavy (non-hydrogen) atoms. The number of aryl methyl sites for hydroxylation is 1. The van der Waals surface area contributed by atoms with Crippen molar-refractivity contribution in [1.29, 1.82) is 0 Å². The molecule has 0 aliphatic carbocycles. The Kier molecular flexibility index (Phi) is 2.91. The van der Waals surface area contributed by atoms with Gasteiger partial charge in [-0.1, -0.05) is 12.1 Å². The zero-order valence-corrected chi connectivity index (χ0v) is 11.0. The predicted octanol–water partition coefficient (Wildman–Crippen LogP) is 3.26. The maximum Gasteiger partial charge on any atom is 0.309 e. The molecule has 3 nitrogen and oxygen atoms in total. The van der Waals surface area contributed by atoms with Gasteiger partial charge < -0.3 is 5.11 Å². The summed E-state index contributed by atoms with van der Waals surface area (Å²) in [5.41, 5.74) is 1.29. The van der Waals surface area contributed by atoms with Gasteiger partial charge in [0.25, 0.3) is 0 Å². The number of carbonyl (C=O) groups is 1. The normalized spacial score (nSPS) is 11.9. The Labute approximate surface area is 104 Å². The lowest BCUT2D eigenvalue weighted by molar-refractivity contribution is -0.146. The standard InChI is InChI=1S/C13H15NO2S/c1-8-14-10-6-4-5-9(11(10)17-8)7-13(2,3)12(15)16/h4-6H,7H2,1-3H3,(H,15,16). The van der Waals surface area contributed by atoms with Crippen molar-refractivity contribution in [2.45, 2.75) is 27.2 Å². The Balaban J connectivity index is 2.46. The van der Waals surface area contributed by atoms with Crippen LogP contribution in [0, 0.1) is 12.3 Å². The molecule has 2 rings (SSSR count). The van der Waals surface area contributed by atoms with E-state index < -0.39 is 11.4 Å². The molecule has 2 aromatic rings. The van der Waals surface area contributed by atoms with Gasteiger partial charge >= 0.3 is 5.97 Å². The van der Waals surface area contributed by atoms with Crippen molar-refractivity contribution >= 4 is 27.5 Å². The summed E-state index contributed by atoms with van der Waals surface area (Å²) in [7, 11) is 0. The number of carboxylic acids is 1. The lowest BCUT2D eigenvalue weighted by Crippen LogP contribution is -2.26. The summed E-state index contributed by atoms with van der Waals surface area (Å²) in [5, 5.41) is 10.2. The van der Waals surface area contributed by atoms with Gasteiger partial charge in [0.05, 0.1) is 20.6 Å². The average Bonchev–Trinajstić information content (AvgIpc) is 2.59. The van der Waals surface area contributed by atoms with Gasteiger partial charge in [0, 0.05) is 0 Å². The molecule has 0 amide bonds. The number of rotatable bonds is 3. The number of hydrogen-bond acceptors (Lipinski definition) is 3. The zero-order chi connectivity index (χ0) is 12.6. The van der Waals surface area contributed by atoms with Crippen LogP contribution in [-0.4, -0.2) is 16.1 Å². The third kappa shape index (κ3) is 2.31. The minimum atomic E-state index is -0.768. The fourth-order valence-corrected chi connectivity index (χ4v) is 2.74. The second-order valence-electron chi connectivity index (χ2n) is 4.86. The number of nitrogens with zero attached hydrogens (tertiary/aromatic N) is 1. The van der Waals surface area contributed by atoms with Crippen LogP contribution in [0.4, 0.5) is 0 Å². The average molecular weight is 249 g/mol. The van der Waals surface area contributed by atoms with Crippen LogP contribution in [0.15, 0.2) is 18.2 Å². The first-order valence-corrected chi connectivity index (χ1v) is 6.30. The molecule has 0 fully saturated rings. The molecule has 0 radical (unpaired) electrons. The van der Waals surface area contributed by atoms with Crippen molar-refractivity contribution in [3.05, 3.63) is 28.8 Å². The molecule has 0 saturated carbocycles. The molecule has 0 saturated heterocycles. The Morgan fingerprint density at radius 3 is 2.82 bits per heavy atom. The number of aliphatic carboxylic acids is 1. The number of hydrogen-bond donors (Lipinski definition) is 1. The monoisotopic (exact) mass is 249 g/mol. The van der Waals surface area contributed by atoms with Gasteiger partial charge in [-0.25, -0.2) is 4.98 Å². The molecular formula is C13H15NO2S. The maximum atomic E-state index is 11.2. The Bertz CT molecular complexity index is 572. The quantitative estimate of drug-likeness (QED) is 0.908. The zero-order valence-electron chi connectivity index (χ0n) is 10.2. The molecule has 0 spiro atoms. The van der Waals surface area contributed by atoms with Crippen LogP contribution < -0.4 is 0 Å². The second-order valence-corrected chi connectivity index (χ2v) is 6.07. The Morgan fingerprint density at radius 2 is 2.18 bits per heavy atom. The van der Waals surface area contributed by atoms with E-state index in [2.05, 4.69) is 4.98 Å². The van der Waals surface area contributed by atoms with Crippen molar-refractivity contribution < 1.29 is 9.90 Å². The summed E-state index contributed by atoms with van der Waals surface area (Å²) in [6, 6.07) is 5.90. The van der Waals surface area contributed by atoms with E-state index in [-0.39, 0.29) is 0 Å². The number of carboxylic acid groups (broad SMARTS) is 1. The van der Waals surface area contributed by atoms with E-state index in [1.54, 1.807) is 25.2 Å². The van der Waals surface area contributed by atoms with E-state index >= 15 is 0 Å². The van der Waals surface area contributed by atoms with Gasteiger partial charge in [-0.05, 0) is 38.8 Å². The smallest absolute Gasteiger partial charge is 0.309 e. The summed E-state index contributed by atoms with van der Waals surface area (Å²) >= 11 is 1.63. The van der Waals surface area contributed by atoms with Gasteiger partial charge in [0.2, 0.25) is 0 Å². The lowest BCUT2D eigenvalue weighted by Gasteiger charge is -2.19. The first kappa shape index (κ1) is 12.0. The third-order valence-electron chi connectivity index (χ3n) is 2.81. The largest absolute Gasteiger partial charge is 0.481 e. The third-order valence-corrected chi connectivity index (χ3v) is 3.88. The highest BCUT2D eigenvalue weighted by Crippen LogP contribution is 2.30. The number of benzene rings is 1. The highest BCUT2D eigenvalue weighted by atomic mass is 32.1. The molecular weight excluding hydrogens is 234 g/mol. The summed E-state index contributed by atoms with van der Waals surface area (Å²) in [6.07, 6.45) is 0.529. The minimum Gasteiger partial charge on any atom is -0.481 e. The van der Waals surface area contributed by atoms with Crippen molar-refractivity contribution in [3.63, 3.8) is 0 Å². The summed E-state index contributed by atoms with van der Waals surface area (Å²) in [4.78, 5) is 15.6. The van der Waals surface area contributed by atoms with Crippen LogP contribution in [0.25, 0.3) is 10.2 Å². The molecule has 0 aliphatic heterocycles. The van der Waals surface area contributed by atoms with Crippen LogP contribution in [0.1, 0.15) is 24.4 Å². The minimum absolute atomic E-state index is 0.529. The molecule has 0 aliphatic rings. The molecule has 0 atom stereocenters. The SMILES string of the molecule is Cc1nc2cccc(CC(C)(C)C(=O)O)c2s1. The maximum absolute atomic E-state index is 11.2. The number of thiazole rings is 1. The molecule has 0 unspecified atom stereocenters. The summed E-state index contributed by atoms with van der Waals surface area (Å²) in [6.45, 7) is 5.47. The predicted molar refractivity (Wildman–Crippen MR) is 69.5 cm³/mol. The fraction of sp³-hybridized carbons (Fsp3) is 0.385. The van der Waals surface area contributed by atoms with E-state index in [0.717, 1.165) is 20.8 Å². The van der Waals surface area contributed by atoms with Gasteiger partial charge in [-0.2, -0.15) is 0 Å². The molecule has 90 valence electrons. The summed E-state index contributed by atoms with van der Waals surface area (Å²) in [5.74, 6) is -0.768. The number of aromatic nitrogens is 1. The van der Waals surface area contributed by atoms with Crippen LogP contribution in [0.3, 0.4) is 0 Å². The van der Waals surface area contributed by atoms with E-state index in [1.807, 2.05) is 25.1 Å². The van der Waals surface area contributed by atoms with Crippen molar-refractivity contribution in [2.75, 3.05) is 0 Å². The van der Waals surface area contributed by atoms with Crippen molar-refractivity contribution in [3.8, 4) is 0 Å². The van der Waals surface area contributed by atoms with Crippen LogP contribution in [-0.2, 0) is 11.2 Å². The molecule has 1 aromatic carbocycles. The summed E-state index contributed by atoms with van der Waals surface area (Å²) < 4.78 is 1.11. The topological polar surface area (TPSA) is 50.2 Å². The van der Waals surface area contributed by atoms with Gasteiger partial charge in [-0.15, -0.1) is 11.3 Å². The molecule has 1 aromatic heterocycles. The van der Waals surface area contributed by atoms with E-state index in [1.165, 1.54) is 0 Å². The van der Waals surface area contributed by atoms with E-state index in [4.69, 9.17) is 5.11 Å². The molecule has 1 heterocycles. The fourth-order valence-electron chi connectivity index (χ4n) is 1.81. The number of fused-ring (bicyclic) bond motifs is 1. The van der Waals surface area contributed by atoms with Gasteiger partial charge in [0.1, 0.15) is 0 Å². The Hall–Kier alpha value is -1.42. The van der Waals surface area contributed by atoms with Crippen molar-refractivity contribution in [1.82, 2.24) is 4.98 Å². The van der Waals surface area contributed by atoms with E-state index in [9.17, 15) is 4.79 Å². The van der Waals surface area contributed by atoms with Gasteiger partial charge in [-0.3, -0.25) is 4.79 Å². The van der Waals surface area contributed by atoms with Crippen LogP contribution in [0.5, 0.6) is 0 Å². The van der Waals surface area contributed by atoms with Gasteiger partial charge in [0.15, 0.2) is 0 Å². The second kappa shape index (κ2) is 4.11. The molecule has 4 heteroatoms. The highest BCUT2D eigenvalue weighted by Gasteiger charge is 2.28. The van der Waals surface area contributed by atoms with Crippen LogP contribution >= 0.6 is 11.3 Å². The lowest BCUT2D eigenvalue weighted by atomic mass is 9.86. The molecule has 1 N–H and O–H groups in total. The first-order valence-electron chi connectivity index (χ1n) is 5.48. The van der Waals surface area contributed by atoms with Crippen LogP contribution in [0.2, 0.25) is 0 Å². The van der Waals surface area contributed by atoms with E-state index in [0.29, 0.717) is 6.42 Å². The molecule has 0 bridgehead atoms. The first-order chi connectivity index (χ1) is 7.90. The highest BCUT2D eigenvalue weighted by molar-refractivity contribution is 7.18.